The van der Waals surface area contributed by atoms with Crippen LogP contribution in [0.2, 0.25) is 5.02 Å². The highest BCUT2D eigenvalue weighted by Gasteiger charge is 2.20. The van der Waals surface area contributed by atoms with Gasteiger partial charge in [0, 0.05) is 33.3 Å². The predicted molar refractivity (Wildman–Crippen MR) is 86.9 cm³/mol. The summed E-state index contributed by atoms with van der Waals surface area (Å²) in [5, 5.41) is 0.693. The molecule has 0 saturated heterocycles. The van der Waals surface area contributed by atoms with Crippen molar-refractivity contribution in [3.05, 3.63) is 52.1 Å². The molecule has 0 spiro atoms. The minimum atomic E-state index is 0.00796. The molecule has 0 aliphatic heterocycles. The summed E-state index contributed by atoms with van der Waals surface area (Å²) < 4.78 is 4.53. The van der Waals surface area contributed by atoms with Crippen LogP contribution in [0.15, 0.2) is 56.4 Å². The largest absolute Gasteiger partial charge is 0.290 e. The molecular formula is C15H13Cl2NOS. The van der Waals surface area contributed by atoms with Crippen LogP contribution in [0.5, 0.6) is 0 Å². The zero-order chi connectivity index (χ0) is 14.7. The Morgan fingerprint density at radius 1 is 1.15 bits per heavy atom. The smallest absolute Gasteiger partial charge is 0.182 e. The lowest BCUT2D eigenvalue weighted by Gasteiger charge is -2.16. The van der Waals surface area contributed by atoms with Gasteiger partial charge < -0.3 is 0 Å². The van der Waals surface area contributed by atoms with Crippen LogP contribution in [0.3, 0.4) is 0 Å². The van der Waals surface area contributed by atoms with Gasteiger partial charge in [0.1, 0.15) is 0 Å². The van der Waals surface area contributed by atoms with Gasteiger partial charge in [0.2, 0.25) is 0 Å². The minimum Gasteiger partial charge on any atom is -0.290 e. The van der Waals surface area contributed by atoms with Gasteiger partial charge in [0.05, 0.1) is 5.71 Å². The molecule has 20 heavy (non-hydrogen) atoms. The first-order chi connectivity index (χ1) is 9.52. The van der Waals surface area contributed by atoms with E-state index in [9.17, 15) is 4.79 Å². The molecule has 0 fully saturated rings. The van der Waals surface area contributed by atoms with Crippen LogP contribution >= 0.6 is 35.1 Å². The number of hydrogen-bond donors (Lipinski definition) is 0. The van der Waals surface area contributed by atoms with Gasteiger partial charge in [-0.3, -0.25) is 4.79 Å². The number of nitrogens with zero attached hydrogens (tertiary/aromatic N) is 1. The van der Waals surface area contributed by atoms with Crippen LogP contribution in [-0.2, 0) is 4.79 Å². The maximum Gasteiger partial charge on any atom is 0.182 e. The lowest BCUT2D eigenvalue weighted by molar-refractivity contribution is -0.111. The van der Waals surface area contributed by atoms with Crippen molar-refractivity contribution in [2.75, 3.05) is 5.88 Å². The number of allylic oxidation sites excluding steroid dienone is 4. The third-order valence-electron chi connectivity index (χ3n) is 3.10. The molecule has 1 aromatic carbocycles. The molecule has 1 aromatic rings. The average molecular weight is 326 g/mol. The molecular weight excluding hydrogens is 313 g/mol. The van der Waals surface area contributed by atoms with Gasteiger partial charge in [-0.25, -0.2) is 4.40 Å². The van der Waals surface area contributed by atoms with Crippen molar-refractivity contribution in [2.24, 2.45) is 4.40 Å². The molecule has 0 unspecified atom stereocenters. The van der Waals surface area contributed by atoms with Crippen molar-refractivity contribution in [3.63, 3.8) is 0 Å². The van der Waals surface area contributed by atoms with E-state index in [1.165, 1.54) is 11.9 Å². The highest BCUT2D eigenvalue weighted by molar-refractivity contribution is 7.98. The fourth-order valence-corrected chi connectivity index (χ4v) is 2.80. The number of benzene rings is 1. The Hall–Kier alpha value is -1.03. The highest BCUT2D eigenvalue weighted by Crippen LogP contribution is 2.27. The number of alkyl halides is 1. The van der Waals surface area contributed by atoms with Crippen LogP contribution in [-0.4, -0.2) is 17.4 Å². The third-order valence-corrected chi connectivity index (χ3v) is 4.39. The Bertz CT molecular complexity index is 630. The third kappa shape index (κ3) is 3.35. The van der Waals surface area contributed by atoms with E-state index in [-0.39, 0.29) is 11.7 Å². The summed E-state index contributed by atoms with van der Waals surface area (Å²) >= 11 is 13.1. The summed E-state index contributed by atoms with van der Waals surface area (Å²) in [4.78, 5) is 12.7. The molecule has 0 N–H and O–H groups in total. The fraction of sp³-hybridized carbons (Fsp3) is 0.200. The van der Waals surface area contributed by atoms with E-state index < -0.39 is 0 Å². The first-order valence-corrected chi connectivity index (χ1v) is 7.71. The maximum atomic E-state index is 11.8. The van der Waals surface area contributed by atoms with Crippen molar-refractivity contribution >= 4 is 46.6 Å². The zero-order valence-electron chi connectivity index (χ0n) is 11.1. The van der Waals surface area contributed by atoms with Gasteiger partial charge in [-0.05, 0) is 55.3 Å². The Balaban J connectivity index is 2.29. The SMILES string of the molecule is CC1=C(C)C(=NSc2ccc(Cl)cc2)C(CCl)=CC1=O. The van der Waals surface area contributed by atoms with Crippen molar-refractivity contribution in [2.45, 2.75) is 18.7 Å². The van der Waals surface area contributed by atoms with Gasteiger partial charge in [0.25, 0.3) is 0 Å². The van der Waals surface area contributed by atoms with Gasteiger partial charge in [0.15, 0.2) is 5.78 Å². The van der Waals surface area contributed by atoms with Crippen LogP contribution < -0.4 is 0 Å². The first kappa shape index (κ1) is 15.4. The van der Waals surface area contributed by atoms with Crippen LogP contribution in [0.1, 0.15) is 13.8 Å². The molecule has 0 bridgehead atoms. The van der Waals surface area contributed by atoms with Crippen LogP contribution in [0.4, 0.5) is 0 Å². The molecule has 0 atom stereocenters. The summed E-state index contributed by atoms with van der Waals surface area (Å²) in [6.45, 7) is 3.70. The standard InChI is InChI=1S/C15H13Cl2NOS/c1-9-10(2)15(11(8-16)7-14(9)19)18-20-13-5-3-12(17)4-6-13/h3-7H,8H2,1-2H3. The summed E-state index contributed by atoms with van der Waals surface area (Å²) in [6.07, 6.45) is 1.57. The van der Waals surface area contributed by atoms with E-state index in [1.807, 2.05) is 38.1 Å². The van der Waals surface area contributed by atoms with E-state index >= 15 is 0 Å². The average Bonchev–Trinajstić information content (AvgIpc) is 2.45. The molecule has 1 aliphatic rings. The topological polar surface area (TPSA) is 29.4 Å². The monoisotopic (exact) mass is 325 g/mol. The van der Waals surface area contributed by atoms with Crippen LogP contribution in [0.25, 0.3) is 0 Å². The molecule has 1 aliphatic carbocycles. The number of hydrogen-bond acceptors (Lipinski definition) is 3. The molecule has 104 valence electrons. The molecule has 0 radical (unpaired) electrons. The van der Waals surface area contributed by atoms with Gasteiger partial charge >= 0.3 is 0 Å². The lowest BCUT2D eigenvalue weighted by Crippen LogP contribution is -2.17. The molecule has 0 amide bonds. The van der Waals surface area contributed by atoms with Crippen LogP contribution in [0, 0.1) is 0 Å². The van der Waals surface area contributed by atoms with E-state index in [4.69, 9.17) is 23.2 Å². The summed E-state index contributed by atoms with van der Waals surface area (Å²) in [7, 11) is 0. The van der Waals surface area contributed by atoms with E-state index in [2.05, 4.69) is 4.40 Å². The number of halogens is 2. The van der Waals surface area contributed by atoms with E-state index in [1.54, 1.807) is 6.08 Å². The van der Waals surface area contributed by atoms with Crippen molar-refractivity contribution in [1.29, 1.82) is 0 Å². The number of ketones is 1. The summed E-state index contributed by atoms with van der Waals surface area (Å²) in [5.41, 5.74) is 3.15. The van der Waals surface area contributed by atoms with Crippen molar-refractivity contribution in [3.8, 4) is 0 Å². The Morgan fingerprint density at radius 2 is 1.80 bits per heavy atom. The van der Waals surface area contributed by atoms with Crippen molar-refractivity contribution < 1.29 is 4.79 Å². The van der Waals surface area contributed by atoms with Gasteiger partial charge in [-0.15, -0.1) is 11.6 Å². The Labute approximate surface area is 132 Å². The molecule has 2 rings (SSSR count). The van der Waals surface area contributed by atoms with E-state index in [0.29, 0.717) is 10.6 Å². The summed E-state index contributed by atoms with van der Waals surface area (Å²) in [6, 6.07) is 7.45. The molecule has 0 heterocycles. The van der Waals surface area contributed by atoms with Gasteiger partial charge in [-0.1, -0.05) is 11.6 Å². The Kier molecular flexibility index (Phi) is 5.08. The number of carbonyl (C=O) groups is 1. The second-order valence-corrected chi connectivity index (χ2v) is 5.94. The predicted octanol–water partition coefficient (Wildman–Crippen LogP) is 4.87. The lowest BCUT2D eigenvalue weighted by atomic mass is 9.92. The quantitative estimate of drug-likeness (QED) is 0.450. The number of rotatable bonds is 3. The second kappa shape index (κ2) is 6.61. The zero-order valence-corrected chi connectivity index (χ0v) is 13.4. The molecule has 0 saturated carbocycles. The fourth-order valence-electron chi connectivity index (χ4n) is 1.76. The summed E-state index contributed by atoms with van der Waals surface area (Å²) in [5.74, 6) is 0.282. The molecule has 2 nitrogen and oxygen atoms in total. The minimum absolute atomic E-state index is 0.00796. The normalized spacial score (nSPS) is 17.7. The van der Waals surface area contributed by atoms with Gasteiger partial charge in [-0.2, -0.15) is 0 Å². The second-order valence-electron chi connectivity index (χ2n) is 4.40. The van der Waals surface area contributed by atoms with Crippen molar-refractivity contribution in [1.82, 2.24) is 0 Å². The number of carbonyl (C=O) groups excluding carboxylic acids is 1. The molecule has 5 heteroatoms. The highest BCUT2D eigenvalue weighted by atomic mass is 35.5. The molecule has 0 aromatic heterocycles. The first-order valence-electron chi connectivity index (χ1n) is 6.02. The maximum absolute atomic E-state index is 11.8. The Morgan fingerprint density at radius 3 is 2.40 bits per heavy atom. The van der Waals surface area contributed by atoms with E-state index in [0.717, 1.165) is 21.8 Å².